The molecule has 19 heavy (non-hydrogen) atoms. The van der Waals surface area contributed by atoms with Gasteiger partial charge in [-0.2, -0.15) is 0 Å². The lowest BCUT2D eigenvalue weighted by Gasteiger charge is -2.13. The molecule has 0 aliphatic carbocycles. The van der Waals surface area contributed by atoms with Gasteiger partial charge in [0.2, 0.25) is 0 Å². The lowest BCUT2D eigenvalue weighted by molar-refractivity contribution is 0.410. The molecule has 0 heterocycles. The van der Waals surface area contributed by atoms with Crippen LogP contribution < -0.4 is 10.1 Å². The van der Waals surface area contributed by atoms with E-state index in [-0.39, 0.29) is 11.0 Å². The first kappa shape index (κ1) is 16.0. The average molecular weight is 285 g/mol. The van der Waals surface area contributed by atoms with E-state index >= 15 is 0 Å². The van der Waals surface area contributed by atoms with Crippen LogP contribution in [-0.2, 0) is 22.1 Å². The standard InChI is InChI=1S/C14H23NO3S/c1-5-15-9-12-6-7-14(18-4)13(8-12)10-19(16,17)11(2)3/h6-8,11,15H,5,9-10H2,1-4H3. The molecular formula is C14H23NO3S. The van der Waals surface area contributed by atoms with Gasteiger partial charge < -0.3 is 10.1 Å². The molecule has 0 unspecified atom stereocenters. The molecule has 1 aromatic rings. The molecule has 0 amide bonds. The van der Waals surface area contributed by atoms with E-state index in [0.717, 1.165) is 24.2 Å². The van der Waals surface area contributed by atoms with E-state index in [2.05, 4.69) is 5.32 Å². The molecule has 1 aromatic carbocycles. The molecule has 0 aliphatic rings. The minimum absolute atomic E-state index is 0.0216. The van der Waals surface area contributed by atoms with Gasteiger partial charge in [0.05, 0.1) is 18.1 Å². The Balaban J connectivity index is 3.02. The zero-order chi connectivity index (χ0) is 14.5. The summed E-state index contributed by atoms with van der Waals surface area (Å²) in [7, 11) is -1.56. The molecule has 0 bridgehead atoms. The fourth-order valence-electron chi connectivity index (χ4n) is 1.71. The van der Waals surface area contributed by atoms with Crippen molar-refractivity contribution in [2.45, 2.75) is 38.3 Å². The van der Waals surface area contributed by atoms with Crippen LogP contribution in [-0.4, -0.2) is 27.3 Å². The summed E-state index contributed by atoms with van der Waals surface area (Å²) in [6, 6.07) is 5.69. The molecule has 0 aliphatic heterocycles. The zero-order valence-electron chi connectivity index (χ0n) is 12.1. The number of rotatable bonds is 7. The van der Waals surface area contributed by atoms with Crippen molar-refractivity contribution in [2.75, 3.05) is 13.7 Å². The summed E-state index contributed by atoms with van der Waals surface area (Å²) in [4.78, 5) is 0. The van der Waals surface area contributed by atoms with E-state index < -0.39 is 9.84 Å². The average Bonchev–Trinajstić information content (AvgIpc) is 2.36. The zero-order valence-corrected chi connectivity index (χ0v) is 12.9. The first-order valence-electron chi connectivity index (χ1n) is 6.48. The number of hydrogen-bond donors (Lipinski definition) is 1. The minimum atomic E-state index is -3.12. The highest BCUT2D eigenvalue weighted by atomic mass is 32.2. The molecule has 1 N–H and O–H groups in total. The Morgan fingerprint density at radius 3 is 2.53 bits per heavy atom. The number of sulfone groups is 1. The number of nitrogens with one attached hydrogen (secondary N) is 1. The van der Waals surface area contributed by atoms with Gasteiger partial charge in [0.1, 0.15) is 5.75 Å². The first-order valence-corrected chi connectivity index (χ1v) is 8.20. The molecular weight excluding hydrogens is 262 g/mol. The second-order valence-electron chi connectivity index (χ2n) is 4.78. The second kappa shape index (κ2) is 6.91. The highest BCUT2D eigenvalue weighted by Gasteiger charge is 2.19. The van der Waals surface area contributed by atoms with Crippen molar-refractivity contribution in [1.29, 1.82) is 0 Å². The van der Waals surface area contributed by atoms with Crippen LogP contribution in [0.3, 0.4) is 0 Å². The second-order valence-corrected chi connectivity index (χ2v) is 7.34. The molecule has 0 atom stereocenters. The number of benzene rings is 1. The van der Waals surface area contributed by atoms with Crippen molar-refractivity contribution in [1.82, 2.24) is 5.32 Å². The summed E-state index contributed by atoms with van der Waals surface area (Å²) in [6.07, 6.45) is 0. The van der Waals surface area contributed by atoms with Gasteiger partial charge in [0, 0.05) is 12.1 Å². The van der Waals surface area contributed by atoms with Gasteiger partial charge >= 0.3 is 0 Å². The van der Waals surface area contributed by atoms with E-state index in [0.29, 0.717) is 5.75 Å². The van der Waals surface area contributed by atoms with Gasteiger partial charge in [-0.15, -0.1) is 0 Å². The molecule has 0 spiro atoms. The van der Waals surface area contributed by atoms with Crippen LogP contribution in [0, 0.1) is 0 Å². The summed E-state index contributed by atoms with van der Waals surface area (Å²) in [5.41, 5.74) is 1.79. The van der Waals surface area contributed by atoms with Crippen LogP contribution in [0.15, 0.2) is 18.2 Å². The maximum absolute atomic E-state index is 12.0. The van der Waals surface area contributed by atoms with Crippen molar-refractivity contribution in [3.63, 3.8) is 0 Å². The van der Waals surface area contributed by atoms with Crippen molar-refractivity contribution < 1.29 is 13.2 Å². The Morgan fingerprint density at radius 2 is 2.00 bits per heavy atom. The summed E-state index contributed by atoms with van der Waals surface area (Å²) in [5, 5.41) is 2.84. The highest BCUT2D eigenvalue weighted by molar-refractivity contribution is 7.91. The van der Waals surface area contributed by atoms with Crippen LogP contribution in [0.25, 0.3) is 0 Å². The molecule has 108 valence electrons. The molecule has 0 saturated heterocycles. The molecule has 4 nitrogen and oxygen atoms in total. The summed E-state index contributed by atoms with van der Waals surface area (Å²) in [6.45, 7) is 7.04. The lowest BCUT2D eigenvalue weighted by atomic mass is 10.1. The predicted octanol–water partition coefficient (Wildman–Crippen LogP) is 2.13. The van der Waals surface area contributed by atoms with Crippen LogP contribution >= 0.6 is 0 Å². The van der Waals surface area contributed by atoms with E-state index in [1.807, 2.05) is 25.1 Å². The Kier molecular flexibility index (Phi) is 5.82. The van der Waals surface area contributed by atoms with Crippen molar-refractivity contribution in [3.8, 4) is 5.75 Å². The first-order chi connectivity index (χ1) is 8.90. The SMILES string of the molecule is CCNCc1ccc(OC)c(CS(=O)(=O)C(C)C)c1. The third-order valence-electron chi connectivity index (χ3n) is 3.00. The van der Waals surface area contributed by atoms with Gasteiger partial charge in [-0.05, 0) is 38.1 Å². The monoisotopic (exact) mass is 285 g/mol. The quantitative estimate of drug-likeness (QED) is 0.834. The maximum Gasteiger partial charge on any atom is 0.156 e. The lowest BCUT2D eigenvalue weighted by Crippen LogP contribution is -2.17. The summed E-state index contributed by atoms with van der Waals surface area (Å²) < 4.78 is 29.3. The number of methoxy groups -OCH3 is 1. The largest absolute Gasteiger partial charge is 0.496 e. The van der Waals surface area contributed by atoms with Gasteiger partial charge in [-0.3, -0.25) is 0 Å². The molecule has 0 aromatic heterocycles. The van der Waals surface area contributed by atoms with E-state index in [1.54, 1.807) is 21.0 Å². The minimum Gasteiger partial charge on any atom is -0.496 e. The van der Waals surface area contributed by atoms with Gasteiger partial charge in [0.15, 0.2) is 9.84 Å². The maximum atomic E-state index is 12.0. The van der Waals surface area contributed by atoms with E-state index in [9.17, 15) is 8.42 Å². The smallest absolute Gasteiger partial charge is 0.156 e. The van der Waals surface area contributed by atoms with Crippen molar-refractivity contribution in [2.24, 2.45) is 0 Å². The van der Waals surface area contributed by atoms with Crippen LogP contribution in [0.1, 0.15) is 31.9 Å². The van der Waals surface area contributed by atoms with Crippen LogP contribution in [0.2, 0.25) is 0 Å². The van der Waals surface area contributed by atoms with E-state index in [1.165, 1.54) is 0 Å². The van der Waals surface area contributed by atoms with E-state index in [4.69, 9.17) is 4.74 Å². The Bertz CT molecular complexity index is 509. The topological polar surface area (TPSA) is 55.4 Å². The Labute approximate surface area is 116 Å². The van der Waals surface area contributed by atoms with Crippen LogP contribution in [0.4, 0.5) is 0 Å². The normalized spacial score (nSPS) is 11.8. The molecule has 5 heteroatoms. The molecule has 0 radical (unpaired) electrons. The Morgan fingerprint density at radius 1 is 1.32 bits per heavy atom. The fraction of sp³-hybridized carbons (Fsp3) is 0.571. The van der Waals surface area contributed by atoms with Gasteiger partial charge in [0.25, 0.3) is 0 Å². The molecule has 0 fully saturated rings. The highest BCUT2D eigenvalue weighted by Crippen LogP contribution is 2.23. The Hall–Kier alpha value is -1.07. The molecule has 0 saturated carbocycles. The summed E-state index contributed by atoms with van der Waals surface area (Å²) >= 11 is 0. The molecule has 1 rings (SSSR count). The number of ether oxygens (including phenoxy) is 1. The van der Waals surface area contributed by atoms with Crippen molar-refractivity contribution in [3.05, 3.63) is 29.3 Å². The number of hydrogen-bond acceptors (Lipinski definition) is 4. The summed E-state index contributed by atoms with van der Waals surface area (Å²) in [5.74, 6) is 0.651. The third kappa shape index (κ3) is 4.51. The van der Waals surface area contributed by atoms with Gasteiger partial charge in [-0.1, -0.05) is 13.0 Å². The van der Waals surface area contributed by atoms with Crippen LogP contribution in [0.5, 0.6) is 5.75 Å². The predicted molar refractivity (Wildman–Crippen MR) is 78.1 cm³/mol. The van der Waals surface area contributed by atoms with Gasteiger partial charge in [-0.25, -0.2) is 8.42 Å². The fourth-order valence-corrected chi connectivity index (χ4v) is 2.70. The van der Waals surface area contributed by atoms with Crippen molar-refractivity contribution >= 4 is 9.84 Å². The third-order valence-corrected chi connectivity index (χ3v) is 5.15.